The molecule has 0 aliphatic carbocycles. The fourth-order valence-corrected chi connectivity index (χ4v) is 9.54. The number of rotatable bonds is 8. The topological polar surface area (TPSA) is 33.5 Å². The third-order valence-electron chi connectivity index (χ3n) is 13.6. The largest absolute Gasteiger partial charge is 0.457 e. The lowest BCUT2D eigenvalue weighted by atomic mass is 9.80. The molecule has 3 heterocycles. The summed E-state index contributed by atoms with van der Waals surface area (Å²) in [6.45, 7) is 32.8. The van der Waals surface area contributed by atoms with E-state index in [0.717, 1.165) is 40.5 Å². The molecule has 0 radical (unpaired) electrons. The molecule has 0 atom stereocenters. The Balaban J connectivity index is 1.10. The third-order valence-corrected chi connectivity index (χ3v) is 13.6. The van der Waals surface area contributed by atoms with Gasteiger partial charge in [0.05, 0.1) is 22.4 Å². The first-order valence-corrected chi connectivity index (χ1v) is 24.3. The number of fused-ring (bicyclic) bond motifs is 4. The molecule has 0 unspecified atom stereocenters. The summed E-state index contributed by atoms with van der Waals surface area (Å²) in [4.78, 5) is 10.2. The molecule has 0 saturated carbocycles. The van der Waals surface area contributed by atoms with Crippen LogP contribution in [0.15, 0.2) is 140 Å². The van der Waals surface area contributed by atoms with E-state index in [0.29, 0.717) is 12.6 Å². The Morgan fingerprint density at radius 3 is 1.66 bits per heavy atom. The lowest BCUT2D eigenvalue weighted by molar-refractivity contribution is 0.483. The van der Waals surface area contributed by atoms with Crippen molar-refractivity contribution in [1.82, 2.24) is 9.55 Å². The summed E-state index contributed by atoms with van der Waals surface area (Å²) >= 11 is 0. The first-order valence-electron chi connectivity index (χ1n) is 24.3. The van der Waals surface area contributed by atoms with Crippen molar-refractivity contribution < 1.29 is 4.74 Å². The maximum absolute atomic E-state index is 6.87. The maximum atomic E-state index is 6.87. The number of hydrogen-bond donors (Lipinski definition) is 0. The Bertz CT molecular complexity index is 3090. The average molecular weight is 887 g/mol. The van der Waals surface area contributed by atoms with Crippen molar-refractivity contribution in [2.45, 2.75) is 125 Å². The van der Waals surface area contributed by atoms with Gasteiger partial charge in [0.25, 0.3) is 0 Å². The SMILES string of the molecule is CC(C)Cc1cc(-n2c3cc(Oc4cccc(N5CN(c6cc(C(C)(C)C)cc(C(C)(C)C)c6)c6ccccc65)c4)ccc3c3ccc(C(C)(C)C)cc32)ncc1-c1ccc(C(C)(C)C)cc1. The zero-order chi connectivity index (χ0) is 47.8. The number of hydrogen-bond acceptors (Lipinski definition) is 4. The normalized spacial score (nSPS) is 13.6. The van der Waals surface area contributed by atoms with Crippen molar-refractivity contribution in [1.29, 1.82) is 0 Å². The van der Waals surface area contributed by atoms with Crippen molar-refractivity contribution in [2.24, 2.45) is 5.92 Å². The molecule has 5 heteroatoms. The maximum Gasteiger partial charge on any atom is 0.137 e. The number of anilines is 4. The number of ether oxygens (including phenoxy) is 1. The average Bonchev–Trinajstić information content (AvgIpc) is 3.81. The minimum absolute atomic E-state index is 0.0184. The molecule has 0 N–H and O–H groups in total. The van der Waals surface area contributed by atoms with Crippen LogP contribution in [0.2, 0.25) is 0 Å². The highest BCUT2D eigenvalue weighted by Gasteiger charge is 2.31. The van der Waals surface area contributed by atoms with Gasteiger partial charge in [0.15, 0.2) is 0 Å². The Labute approximate surface area is 400 Å². The fourth-order valence-electron chi connectivity index (χ4n) is 9.54. The second kappa shape index (κ2) is 16.8. The standard InChI is InChI=1S/C62H70N4O/c1-40(2)30-42-31-58(63-38-53(42)41-22-24-43(25-23-41)59(3,4)5)66-56-35-44(60(6,7)8)26-28-51(56)52-29-27-50(37-57(52)66)67-49-19-17-18-47(36-49)64-39-65(55-21-16-15-20-54(55)64)48-33-45(61(9,10)11)32-46(34-48)62(12,13)14/h15-29,31-38,40H,30,39H2,1-14H3. The molecule has 1 aliphatic heterocycles. The Morgan fingerprint density at radius 1 is 0.507 bits per heavy atom. The van der Waals surface area contributed by atoms with Gasteiger partial charge in [-0.05, 0) is 128 Å². The molecule has 0 saturated heterocycles. The summed E-state index contributed by atoms with van der Waals surface area (Å²) in [7, 11) is 0. The Kier molecular flexibility index (Phi) is 11.5. The molecular weight excluding hydrogens is 817 g/mol. The zero-order valence-corrected chi connectivity index (χ0v) is 42.5. The predicted molar refractivity (Wildman–Crippen MR) is 286 cm³/mol. The van der Waals surface area contributed by atoms with Crippen LogP contribution in [0.4, 0.5) is 22.7 Å². The van der Waals surface area contributed by atoms with Crippen molar-refractivity contribution in [3.63, 3.8) is 0 Å². The van der Waals surface area contributed by atoms with E-state index in [1.54, 1.807) is 0 Å². The second-order valence-electron chi connectivity index (χ2n) is 23.5. The van der Waals surface area contributed by atoms with Gasteiger partial charge < -0.3 is 14.5 Å². The van der Waals surface area contributed by atoms with Gasteiger partial charge >= 0.3 is 0 Å². The van der Waals surface area contributed by atoms with Gasteiger partial charge in [0.1, 0.15) is 24.0 Å². The molecular formula is C62H70N4O. The van der Waals surface area contributed by atoms with E-state index in [1.165, 1.54) is 66.8 Å². The van der Waals surface area contributed by atoms with E-state index in [1.807, 2.05) is 0 Å². The summed E-state index contributed by atoms with van der Waals surface area (Å²) in [5.41, 5.74) is 16.0. The number of nitrogens with zero attached hydrogens (tertiary/aromatic N) is 4. The van der Waals surface area contributed by atoms with Crippen LogP contribution in [-0.4, -0.2) is 16.2 Å². The molecule has 0 spiro atoms. The second-order valence-corrected chi connectivity index (χ2v) is 23.5. The molecule has 9 rings (SSSR count). The molecule has 0 bridgehead atoms. The third kappa shape index (κ3) is 9.10. The minimum atomic E-state index is -0.0210. The van der Waals surface area contributed by atoms with E-state index in [4.69, 9.17) is 9.72 Å². The highest BCUT2D eigenvalue weighted by Crippen LogP contribution is 2.47. The van der Waals surface area contributed by atoms with Crippen LogP contribution in [0.5, 0.6) is 11.5 Å². The van der Waals surface area contributed by atoms with E-state index in [2.05, 4.69) is 251 Å². The van der Waals surface area contributed by atoms with Crippen molar-refractivity contribution in [2.75, 3.05) is 16.5 Å². The van der Waals surface area contributed by atoms with Crippen LogP contribution in [0.3, 0.4) is 0 Å². The molecule has 0 fully saturated rings. The number of aromatic nitrogens is 2. The van der Waals surface area contributed by atoms with Gasteiger partial charge in [-0.25, -0.2) is 4.98 Å². The molecule has 8 aromatic rings. The predicted octanol–water partition coefficient (Wildman–Crippen LogP) is 17.3. The number of pyridine rings is 1. The summed E-state index contributed by atoms with van der Waals surface area (Å²) in [5, 5.41) is 2.37. The van der Waals surface area contributed by atoms with E-state index in [-0.39, 0.29) is 21.7 Å². The zero-order valence-electron chi connectivity index (χ0n) is 42.5. The summed E-state index contributed by atoms with van der Waals surface area (Å²) in [6.07, 6.45) is 3.04. The number of benzene rings is 6. The summed E-state index contributed by atoms with van der Waals surface area (Å²) < 4.78 is 9.23. The van der Waals surface area contributed by atoms with E-state index < -0.39 is 0 Å². The smallest absolute Gasteiger partial charge is 0.137 e. The van der Waals surface area contributed by atoms with E-state index in [9.17, 15) is 0 Å². The monoisotopic (exact) mass is 887 g/mol. The van der Waals surface area contributed by atoms with Crippen molar-refractivity contribution >= 4 is 44.6 Å². The number of para-hydroxylation sites is 2. The first kappa shape index (κ1) is 45.8. The van der Waals surface area contributed by atoms with Crippen LogP contribution in [0.25, 0.3) is 38.8 Å². The highest BCUT2D eigenvalue weighted by molar-refractivity contribution is 6.09. The van der Waals surface area contributed by atoms with E-state index >= 15 is 0 Å². The van der Waals surface area contributed by atoms with Crippen LogP contribution < -0.4 is 14.5 Å². The summed E-state index contributed by atoms with van der Waals surface area (Å²) in [6, 6.07) is 49.3. The quantitative estimate of drug-likeness (QED) is 0.152. The van der Waals surface area contributed by atoms with Crippen LogP contribution in [0, 0.1) is 5.92 Å². The van der Waals surface area contributed by atoms with Gasteiger partial charge in [0.2, 0.25) is 0 Å². The van der Waals surface area contributed by atoms with Crippen LogP contribution in [-0.2, 0) is 28.1 Å². The molecule has 67 heavy (non-hydrogen) atoms. The molecule has 344 valence electrons. The Morgan fingerprint density at radius 2 is 1.06 bits per heavy atom. The fraction of sp³-hybridized carbons (Fsp3) is 0.339. The van der Waals surface area contributed by atoms with Crippen molar-refractivity contribution in [3.8, 4) is 28.4 Å². The first-order chi connectivity index (χ1) is 31.5. The van der Waals surface area contributed by atoms with Gasteiger partial charge in [-0.3, -0.25) is 4.57 Å². The summed E-state index contributed by atoms with van der Waals surface area (Å²) in [5.74, 6) is 2.95. The molecule has 6 aromatic carbocycles. The van der Waals surface area contributed by atoms with Gasteiger partial charge in [-0.1, -0.05) is 158 Å². The minimum Gasteiger partial charge on any atom is -0.457 e. The van der Waals surface area contributed by atoms with Crippen LogP contribution >= 0.6 is 0 Å². The molecule has 2 aromatic heterocycles. The molecule has 5 nitrogen and oxygen atoms in total. The Hall–Kier alpha value is -6.33. The molecule has 1 aliphatic rings. The molecule has 0 amide bonds. The van der Waals surface area contributed by atoms with Gasteiger partial charge in [0, 0.05) is 46.0 Å². The van der Waals surface area contributed by atoms with Gasteiger partial charge in [-0.15, -0.1) is 0 Å². The highest BCUT2D eigenvalue weighted by atomic mass is 16.5. The lowest BCUT2D eigenvalue weighted by Gasteiger charge is -2.29. The van der Waals surface area contributed by atoms with Gasteiger partial charge in [-0.2, -0.15) is 0 Å². The van der Waals surface area contributed by atoms with Crippen LogP contribution in [0.1, 0.15) is 125 Å². The lowest BCUT2D eigenvalue weighted by Crippen LogP contribution is -2.25. The van der Waals surface area contributed by atoms with Crippen molar-refractivity contribution in [3.05, 3.63) is 167 Å².